The number of hydrogen-bond acceptors (Lipinski definition) is 5. The number of aliphatic hydroxyl groups is 1. The van der Waals surface area contributed by atoms with Gasteiger partial charge in [-0.05, 0) is 154 Å². The highest BCUT2D eigenvalue weighted by molar-refractivity contribution is 7.79. The van der Waals surface area contributed by atoms with E-state index in [9.17, 15) is 27.9 Å². The molecule has 0 aromatic heterocycles. The van der Waals surface area contributed by atoms with E-state index in [0.717, 1.165) is 127 Å². The van der Waals surface area contributed by atoms with Gasteiger partial charge < -0.3 is 24.4 Å². The standard InChI is InChI=1S/C25H27ClF3NO2.C18H24ClNO2.C18H15P.C4H8O/c26-21-9-5-19(6-10-21)24(13-3-14-24)23(31)30-15-2-1-4-18(16-30)17-32-22-11-7-20(8-12-22)25(27,28)29;19-16-7-5-15(6-8-16)18(9-3-10-18)17(22)20-11-2-1-4-14(12-20)13-21;1-4-10-16(11-5-1)19(17-12-6-2-7-13-17)18-14-8-3-9-15-18;1-2-4-5-3-1/h5-12,18H,1-4,13-17H2;5-8,14,21H,1-4,9-13H2;1-15H;1-4H2. The van der Waals surface area contributed by atoms with Crippen molar-refractivity contribution in [1.82, 2.24) is 9.80 Å². The molecule has 414 valence electrons. The van der Waals surface area contributed by atoms with Crippen LogP contribution in [0.5, 0.6) is 5.75 Å². The molecule has 13 heteroatoms. The number of ether oxygens (including phenoxy) is 2. The first-order valence-corrected chi connectivity index (χ1v) is 30.0. The molecule has 7 nitrogen and oxygen atoms in total. The molecule has 0 spiro atoms. The number of hydrogen-bond donors (Lipinski definition) is 1. The first kappa shape index (κ1) is 58.9. The zero-order valence-electron chi connectivity index (χ0n) is 44.6. The highest BCUT2D eigenvalue weighted by Crippen LogP contribution is 2.47. The minimum atomic E-state index is -4.36. The van der Waals surface area contributed by atoms with Gasteiger partial charge in [-0.3, -0.25) is 9.59 Å². The van der Waals surface area contributed by atoms with Crippen molar-refractivity contribution in [3.63, 3.8) is 0 Å². The van der Waals surface area contributed by atoms with Gasteiger partial charge in [-0.2, -0.15) is 13.2 Å². The second-order valence-electron chi connectivity index (χ2n) is 21.3. The van der Waals surface area contributed by atoms with Crippen molar-refractivity contribution >= 4 is 58.9 Å². The van der Waals surface area contributed by atoms with Gasteiger partial charge in [0.15, 0.2) is 0 Å². The van der Waals surface area contributed by atoms with Crippen molar-refractivity contribution in [3.05, 3.63) is 191 Å². The van der Waals surface area contributed by atoms with Gasteiger partial charge in [-0.15, -0.1) is 0 Å². The molecule has 0 radical (unpaired) electrons. The lowest BCUT2D eigenvalue weighted by molar-refractivity contribution is -0.142. The molecule has 3 aliphatic heterocycles. The summed E-state index contributed by atoms with van der Waals surface area (Å²) >= 11 is 12.0. The van der Waals surface area contributed by atoms with E-state index in [1.165, 1.54) is 40.9 Å². The topological polar surface area (TPSA) is 79.3 Å². The molecule has 5 aliphatic rings. The van der Waals surface area contributed by atoms with Gasteiger partial charge >= 0.3 is 6.18 Å². The van der Waals surface area contributed by atoms with E-state index in [1.54, 1.807) is 0 Å². The molecule has 1 N–H and O–H groups in total. The summed E-state index contributed by atoms with van der Waals surface area (Å²) in [4.78, 5) is 30.8. The van der Waals surface area contributed by atoms with E-state index < -0.39 is 25.1 Å². The van der Waals surface area contributed by atoms with E-state index >= 15 is 0 Å². The Hall–Kier alpha value is -5.22. The molecule has 6 aromatic carbocycles. The Kier molecular flexibility index (Phi) is 21.7. The van der Waals surface area contributed by atoms with E-state index in [-0.39, 0.29) is 35.7 Å². The average molecular weight is 1120 g/mol. The fourth-order valence-electron chi connectivity index (χ4n) is 11.2. The molecule has 2 atom stereocenters. The third-order valence-corrected chi connectivity index (χ3v) is 18.9. The first-order chi connectivity index (χ1) is 37.9. The van der Waals surface area contributed by atoms with Crippen LogP contribution in [0, 0.1) is 11.8 Å². The number of rotatable bonds is 11. The maximum Gasteiger partial charge on any atom is 0.416 e. The average Bonchev–Trinajstić information content (AvgIpc) is 3.89. The van der Waals surface area contributed by atoms with Crippen LogP contribution >= 0.6 is 31.1 Å². The quantitative estimate of drug-likeness (QED) is 0.131. The largest absolute Gasteiger partial charge is 0.493 e. The third-order valence-electron chi connectivity index (χ3n) is 15.9. The van der Waals surface area contributed by atoms with Crippen LogP contribution in [0.1, 0.15) is 107 Å². The van der Waals surface area contributed by atoms with Crippen LogP contribution in [0.15, 0.2) is 164 Å². The molecule has 2 unspecified atom stereocenters. The van der Waals surface area contributed by atoms with Crippen molar-refractivity contribution in [2.24, 2.45) is 11.8 Å². The molecule has 78 heavy (non-hydrogen) atoms. The molecule has 0 bridgehead atoms. The molecule has 11 rings (SSSR count). The fraction of sp³-hybridized carbons (Fsp3) is 0.415. The molecule has 6 aromatic rings. The highest BCUT2D eigenvalue weighted by atomic mass is 35.5. The fourth-order valence-corrected chi connectivity index (χ4v) is 13.8. The van der Waals surface area contributed by atoms with E-state index in [2.05, 4.69) is 91.0 Å². The lowest BCUT2D eigenvalue weighted by atomic mass is 9.63. The lowest BCUT2D eigenvalue weighted by Crippen LogP contribution is -2.52. The number of likely N-dealkylation sites (tertiary alicyclic amines) is 2. The summed E-state index contributed by atoms with van der Waals surface area (Å²) in [5.41, 5.74) is 0.616. The Morgan fingerprint density at radius 1 is 0.551 bits per heavy atom. The second kappa shape index (κ2) is 28.8. The molecule has 2 amide bonds. The van der Waals surface area contributed by atoms with Gasteiger partial charge in [0.25, 0.3) is 0 Å². The minimum absolute atomic E-state index is 0.145. The minimum Gasteiger partial charge on any atom is -0.493 e. The molecule has 3 heterocycles. The van der Waals surface area contributed by atoms with Crippen LogP contribution in [-0.4, -0.2) is 79.3 Å². The molecule has 3 saturated heterocycles. The third kappa shape index (κ3) is 15.6. The Labute approximate surface area is 471 Å². The van der Waals surface area contributed by atoms with Gasteiger partial charge in [-0.1, -0.05) is 164 Å². The van der Waals surface area contributed by atoms with Crippen molar-refractivity contribution in [3.8, 4) is 5.75 Å². The summed E-state index contributed by atoms with van der Waals surface area (Å²) in [6.07, 6.45) is 9.90. The SMILES string of the molecule is C1CCOC1.O=C(N1CCCCC(CO)C1)C1(c2ccc(Cl)cc2)CCC1.O=C(N1CCCCC(COc2ccc(C(F)(F)F)cc2)C1)C1(c2ccc(Cl)cc2)CCC1.c1ccc(P(c2ccccc2)c2ccccc2)cc1. The summed E-state index contributed by atoms with van der Waals surface area (Å²) in [6.45, 7) is 5.41. The van der Waals surface area contributed by atoms with Gasteiger partial charge in [0, 0.05) is 62.0 Å². The Morgan fingerprint density at radius 2 is 0.962 bits per heavy atom. The number of amides is 2. The number of benzene rings is 6. The monoisotopic (exact) mass is 1120 g/mol. The predicted molar refractivity (Wildman–Crippen MR) is 311 cm³/mol. The van der Waals surface area contributed by atoms with Gasteiger partial charge in [-0.25, -0.2) is 0 Å². The normalized spacial score (nSPS) is 19.6. The summed E-state index contributed by atoms with van der Waals surface area (Å²) in [7, 11) is -0.446. The molecule has 2 aliphatic carbocycles. The van der Waals surface area contributed by atoms with Crippen molar-refractivity contribution in [2.45, 2.75) is 107 Å². The molecular weight excluding hydrogens is 1050 g/mol. The summed E-state index contributed by atoms with van der Waals surface area (Å²) in [6, 6.07) is 52.5. The molecular formula is C65H74Cl2F3N2O5P. The van der Waals surface area contributed by atoms with Crippen molar-refractivity contribution in [1.29, 1.82) is 0 Å². The van der Waals surface area contributed by atoms with Crippen molar-refractivity contribution < 1.29 is 37.3 Å². The highest BCUT2D eigenvalue weighted by Gasteiger charge is 2.49. The van der Waals surface area contributed by atoms with Gasteiger partial charge in [0.05, 0.1) is 23.0 Å². The van der Waals surface area contributed by atoms with Crippen LogP contribution in [0.2, 0.25) is 10.0 Å². The summed E-state index contributed by atoms with van der Waals surface area (Å²) in [5.74, 6) is 1.21. The number of aliphatic hydroxyl groups excluding tert-OH is 1. The molecule has 5 fully saturated rings. The van der Waals surface area contributed by atoms with Gasteiger partial charge in [0.1, 0.15) is 5.75 Å². The maximum absolute atomic E-state index is 13.6. The van der Waals surface area contributed by atoms with E-state index in [1.807, 2.05) is 58.3 Å². The zero-order chi connectivity index (χ0) is 54.8. The van der Waals surface area contributed by atoms with Crippen LogP contribution in [-0.2, 0) is 31.3 Å². The number of carbonyl (C=O) groups excluding carboxylic acids is 2. The lowest BCUT2D eigenvalue weighted by Gasteiger charge is -2.44. The summed E-state index contributed by atoms with van der Waals surface area (Å²) in [5, 5.41) is 15.0. The number of nitrogens with zero attached hydrogens (tertiary/aromatic N) is 2. The summed E-state index contributed by atoms with van der Waals surface area (Å²) < 4.78 is 49.0. The molecule has 2 saturated carbocycles. The Balaban J connectivity index is 0.000000152. The number of carbonyl (C=O) groups is 2. The number of halogens is 5. The van der Waals surface area contributed by atoms with E-state index in [4.69, 9.17) is 32.7 Å². The maximum atomic E-state index is 13.6. The Morgan fingerprint density at radius 3 is 1.32 bits per heavy atom. The van der Waals surface area contributed by atoms with Crippen LogP contribution in [0.4, 0.5) is 13.2 Å². The van der Waals surface area contributed by atoms with Crippen molar-refractivity contribution in [2.75, 3.05) is 52.6 Å². The van der Waals surface area contributed by atoms with Crippen LogP contribution < -0.4 is 20.7 Å². The van der Waals surface area contributed by atoms with Crippen LogP contribution in [0.25, 0.3) is 0 Å². The Bertz CT molecular complexity index is 2640. The predicted octanol–water partition coefficient (Wildman–Crippen LogP) is 14.1. The van der Waals surface area contributed by atoms with Gasteiger partial charge in [0.2, 0.25) is 11.8 Å². The smallest absolute Gasteiger partial charge is 0.416 e. The number of alkyl halides is 3. The zero-order valence-corrected chi connectivity index (χ0v) is 47.0. The van der Waals surface area contributed by atoms with E-state index in [0.29, 0.717) is 35.5 Å². The second-order valence-corrected chi connectivity index (χ2v) is 24.4. The first-order valence-electron chi connectivity index (χ1n) is 27.9. The van der Waals surface area contributed by atoms with Crippen LogP contribution in [0.3, 0.4) is 0 Å².